The highest BCUT2D eigenvalue weighted by Gasteiger charge is 2.03. The minimum Gasteiger partial charge on any atom is -0.497 e. The van der Waals surface area contributed by atoms with Gasteiger partial charge in [0.1, 0.15) is 11.5 Å². The van der Waals surface area contributed by atoms with Crippen molar-refractivity contribution in [3.63, 3.8) is 0 Å². The lowest BCUT2D eigenvalue weighted by Crippen LogP contribution is -2.25. The molecule has 19 heavy (non-hydrogen) atoms. The Kier molecular flexibility index (Phi) is 4.10. The predicted octanol–water partition coefficient (Wildman–Crippen LogP) is 2.93. The monoisotopic (exact) mass is 260 g/mol. The van der Waals surface area contributed by atoms with Crippen LogP contribution in [0.4, 0.5) is 11.4 Å². The zero-order chi connectivity index (χ0) is 13.7. The van der Waals surface area contributed by atoms with E-state index in [0.717, 1.165) is 22.4 Å². The largest absolute Gasteiger partial charge is 0.497 e. The normalized spacial score (nSPS) is 9.84. The Morgan fingerprint density at radius 1 is 0.842 bits per heavy atom. The second-order valence-corrected chi connectivity index (χ2v) is 3.85. The van der Waals surface area contributed by atoms with E-state index in [1.165, 1.54) is 0 Å². The fourth-order valence-corrected chi connectivity index (χ4v) is 1.58. The van der Waals surface area contributed by atoms with Crippen LogP contribution < -0.4 is 20.1 Å². The van der Waals surface area contributed by atoms with Crippen LogP contribution in [-0.2, 0) is 0 Å². The molecule has 0 saturated heterocycles. The van der Waals surface area contributed by atoms with E-state index in [2.05, 4.69) is 5.43 Å². The highest BCUT2D eigenvalue weighted by molar-refractivity contribution is 5.54. The van der Waals surface area contributed by atoms with Crippen molar-refractivity contribution in [2.24, 2.45) is 0 Å². The molecule has 100 valence electrons. The Morgan fingerprint density at radius 3 is 1.79 bits per heavy atom. The summed E-state index contributed by atoms with van der Waals surface area (Å²) in [4.78, 5) is 0. The summed E-state index contributed by atoms with van der Waals surface area (Å²) in [6, 6.07) is 14.3. The fraction of sp³-hybridized carbons (Fsp3) is 0.143. The second kappa shape index (κ2) is 5.97. The maximum atomic E-state index is 9.91. The molecule has 0 radical (unpaired) electrons. The highest BCUT2D eigenvalue weighted by Crippen LogP contribution is 2.20. The molecule has 2 aromatic rings. The Bertz CT molecular complexity index is 511. The number of hydrogen-bond acceptors (Lipinski definition) is 5. The Hall–Kier alpha value is -2.40. The summed E-state index contributed by atoms with van der Waals surface area (Å²) in [7, 11) is 3.21. The van der Waals surface area contributed by atoms with Gasteiger partial charge >= 0.3 is 0 Å². The number of nitrogens with one attached hydrogen (secondary N) is 1. The first-order valence-electron chi connectivity index (χ1n) is 5.76. The molecule has 0 aliphatic carbocycles. The molecule has 2 N–H and O–H groups in total. The molecule has 0 bridgehead atoms. The smallest absolute Gasteiger partial charge is 0.119 e. The standard InChI is InChI=1S/C14H16N2O3/c1-18-13-7-3-11(4-8-13)15-16(17)12-5-9-14(19-2)10-6-12/h3-10,15,17H,1-2H3. The van der Waals surface area contributed by atoms with Gasteiger partial charge in [-0.05, 0) is 48.5 Å². The van der Waals surface area contributed by atoms with Crippen molar-refractivity contribution in [1.82, 2.24) is 0 Å². The van der Waals surface area contributed by atoms with E-state index in [1.807, 2.05) is 24.3 Å². The van der Waals surface area contributed by atoms with E-state index in [4.69, 9.17) is 9.47 Å². The van der Waals surface area contributed by atoms with Crippen LogP contribution in [0.3, 0.4) is 0 Å². The molecule has 0 fully saturated rings. The molecule has 0 spiro atoms. The number of methoxy groups -OCH3 is 2. The highest BCUT2D eigenvalue weighted by atomic mass is 16.5. The minimum atomic E-state index is 0.608. The first-order chi connectivity index (χ1) is 9.22. The Balaban J connectivity index is 2.04. The number of benzene rings is 2. The lowest BCUT2D eigenvalue weighted by Gasteiger charge is -2.19. The van der Waals surface area contributed by atoms with E-state index in [-0.39, 0.29) is 0 Å². The van der Waals surface area contributed by atoms with E-state index in [1.54, 1.807) is 38.5 Å². The number of anilines is 2. The van der Waals surface area contributed by atoms with E-state index < -0.39 is 0 Å². The lowest BCUT2D eigenvalue weighted by molar-refractivity contribution is 0.277. The molecule has 0 aliphatic heterocycles. The van der Waals surface area contributed by atoms with Crippen molar-refractivity contribution < 1.29 is 14.7 Å². The number of nitrogens with zero attached hydrogens (tertiary/aromatic N) is 1. The topological polar surface area (TPSA) is 54.0 Å². The molecular formula is C14H16N2O3. The van der Waals surface area contributed by atoms with Gasteiger partial charge in [-0.15, -0.1) is 0 Å². The molecule has 0 aliphatic rings. The van der Waals surface area contributed by atoms with Crippen molar-refractivity contribution in [2.75, 3.05) is 24.8 Å². The maximum absolute atomic E-state index is 9.91. The van der Waals surface area contributed by atoms with Crippen LogP contribution in [0, 0.1) is 0 Å². The zero-order valence-electron chi connectivity index (χ0n) is 10.8. The minimum absolute atomic E-state index is 0.608. The summed E-state index contributed by atoms with van der Waals surface area (Å²) in [5, 5.41) is 10.9. The van der Waals surface area contributed by atoms with Crippen molar-refractivity contribution in [2.45, 2.75) is 0 Å². The van der Waals surface area contributed by atoms with Crippen LogP contribution in [0.5, 0.6) is 11.5 Å². The van der Waals surface area contributed by atoms with Crippen molar-refractivity contribution in [1.29, 1.82) is 0 Å². The average Bonchev–Trinajstić information content (AvgIpc) is 2.48. The van der Waals surface area contributed by atoms with Gasteiger partial charge in [0.2, 0.25) is 0 Å². The molecule has 5 heteroatoms. The molecular weight excluding hydrogens is 244 g/mol. The molecule has 0 atom stereocenters. The summed E-state index contributed by atoms with van der Waals surface area (Å²) >= 11 is 0. The predicted molar refractivity (Wildman–Crippen MR) is 73.9 cm³/mol. The number of ether oxygens (including phenoxy) is 2. The van der Waals surface area contributed by atoms with Gasteiger partial charge in [0.15, 0.2) is 0 Å². The SMILES string of the molecule is COc1ccc(NN(O)c2ccc(OC)cc2)cc1. The molecule has 0 aromatic heterocycles. The van der Waals surface area contributed by atoms with Crippen LogP contribution in [0.25, 0.3) is 0 Å². The molecule has 0 amide bonds. The zero-order valence-corrected chi connectivity index (χ0v) is 10.8. The van der Waals surface area contributed by atoms with Gasteiger partial charge in [-0.3, -0.25) is 10.6 Å². The molecule has 0 heterocycles. The van der Waals surface area contributed by atoms with Crippen LogP contribution in [0.2, 0.25) is 0 Å². The fourth-order valence-electron chi connectivity index (χ4n) is 1.58. The lowest BCUT2D eigenvalue weighted by atomic mass is 10.3. The molecule has 5 nitrogen and oxygen atoms in total. The quantitative estimate of drug-likeness (QED) is 0.809. The van der Waals surface area contributed by atoms with Crippen LogP contribution in [0.15, 0.2) is 48.5 Å². The van der Waals surface area contributed by atoms with Gasteiger partial charge in [-0.25, -0.2) is 0 Å². The summed E-state index contributed by atoms with van der Waals surface area (Å²) in [6.07, 6.45) is 0. The molecule has 0 saturated carbocycles. The Labute approximate surface area is 111 Å². The first-order valence-corrected chi connectivity index (χ1v) is 5.76. The van der Waals surface area contributed by atoms with Crippen molar-refractivity contribution in [3.8, 4) is 11.5 Å². The summed E-state index contributed by atoms with van der Waals surface area (Å²) < 4.78 is 10.1. The van der Waals surface area contributed by atoms with Crippen LogP contribution >= 0.6 is 0 Å². The summed E-state index contributed by atoms with van der Waals surface area (Å²) in [5.41, 5.74) is 4.20. The van der Waals surface area contributed by atoms with Crippen LogP contribution in [-0.4, -0.2) is 19.4 Å². The second-order valence-electron chi connectivity index (χ2n) is 3.85. The maximum Gasteiger partial charge on any atom is 0.119 e. The van der Waals surface area contributed by atoms with E-state index in [9.17, 15) is 5.21 Å². The molecule has 2 aromatic carbocycles. The Morgan fingerprint density at radius 2 is 1.32 bits per heavy atom. The van der Waals surface area contributed by atoms with Gasteiger partial charge in [0, 0.05) is 0 Å². The van der Waals surface area contributed by atoms with Crippen molar-refractivity contribution in [3.05, 3.63) is 48.5 Å². The van der Waals surface area contributed by atoms with Gasteiger partial charge < -0.3 is 9.47 Å². The van der Waals surface area contributed by atoms with E-state index in [0.29, 0.717) is 5.69 Å². The van der Waals surface area contributed by atoms with Gasteiger partial charge in [0.25, 0.3) is 0 Å². The first kappa shape index (κ1) is 13.0. The number of rotatable bonds is 5. The number of hydrogen-bond donors (Lipinski definition) is 2. The summed E-state index contributed by atoms with van der Waals surface area (Å²) in [5.74, 6) is 1.50. The third kappa shape index (κ3) is 3.29. The third-order valence-electron chi connectivity index (χ3n) is 2.64. The van der Waals surface area contributed by atoms with Gasteiger partial charge in [-0.2, -0.15) is 5.17 Å². The number of hydrazine groups is 1. The van der Waals surface area contributed by atoms with Crippen molar-refractivity contribution >= 4 is 11.4 Å². The average molecular weight is 260 g/mol. The van der Waals surface area contributed by atoms with Gasteiger partial charge in [0.05, 0.1) is 25.6 Å². The third-order valence-corrected chi connectivity index (χ3v) is 2.64. The molecule has 2 rings (SSSR count). The van der Waals surface area contributed by atoms with E-state index >= 15 is 0 Å². The van der Waals surface area contributed by atoms with Crippen LogP contribution in [0.1, 0.15) is 0 Å². The van der Waals surface area contributed by atoms with Gasteiger partial charge in [-0.1, -0.05) is 0 Å². The molecule has 0 unspecified atom stereocenters. The summed E-state index contributed by atoms with van der Waals surface area (Å²) in [6.45, 7) is 0.